The third-order valence-electron chi connectivity index (χ3n) is 3.59. The molecule has 19 heavy (non-hydrogen) atoms. The van der Waals surface area contributed by atoms with Crippen LogP contribution < -0.4 is 5.32 Å². The van der Waals surface area contributed by atoms with Crippen molar-refractivity contribution < 1.29 is 0 Å². The zero-order chi connectivity index (χ0) is 13.1. The van der Waals surface area contributed by atoms with Gasteiger partial charge in [0.25, 0.3) is 0 Å². The molecule has 0 atom stereocenters. The van der Waals surface area contributed by atoms with Crippen LogP contribution in [0.25, 0.3) is 0 Å². The molecule has 0 amide bonds. The van der Waals surface area contributed by atoms with E-state index in [4.69, 9.17) is 0 Å². The molecule has 0 spiro atoms. The standard InChI is InChI=1S/C15H19N3S/c1-18(9-14-10-19-11-17-14)8-13-4-2-3-12-7-16-6-5-15(12)13/h2-4,10-11,16H,5-9H2,1H3. The van der Waals surface area contributed by atoms with Crippen LogP contribution in [0.1, 0.15) is 22.4 Å². The van der Waals surface area contributed by atoms with Crippen LogP contribution in [-0.4, -0.2) is 23.5 Å². The Morgan fingerprint density at radius 3 is 3.16 bits per heavy atom. The Bertz CT molecular complexity index is 536. The maximum absolute atomic E-state index is 4.35. The van der Waals surface area contributed by atoms with Crippen LogP contribution in [0.2, 0.25) is 0 Å². The zero-order valence-electron chi connectivity index (χ0n) is 11.2. The SMILES string of the molecule is CN(Cc1cscn1)Cc1cccc2c1CCNC2. The molecular weight excluding hydrogens is 254 g/mol. The molecule has 2 aromatic rings. The summed E-state index contributed by atoms with van der Waals surface area (Å²) in [5, 5.41) is 5.56. The van der Waals surface area contributed by atoms with Gasteiger partial charge in [0.05, 0.1) is 11.2 Å². The summed E-state index contributed by atoms with van der Waals surface area (Å²) in [7, 11) is 2.17. The van der Waals surface area contributed by atoms with Gasteiger partial charge in [-0.2, -0.15) is 0 Å². The summed E-state index contributed by atoms with van der Waals surface area (Å²) in [6.45, 7) is 4.03. The minimum Gasteiger partial charge on any atom is -0.312 e. The molecule has 0 fully saturated rings. The lowest BCUT2D eigenvalue weighted by Gasteiger charge is -2.23. The Balaban J connectivity index is 1.72. The van der Waals surface area contributed by atoms with Crippen LogP contribution in [-0.2, 0) is 26.1 Å². The van der Waals surface area contributed by atoms with E-state index < -0.39 is 0 Å². The smallest absolute Gasteiger partial charge is 0.0795 e. The fourth-order valence-electron chi connectivity index (χ4n) is 2.70. The van der Waals surface area contributed by atoms with E-state index >= 15 is 0 Å². The second-order valence-corrected chi connectivity index (χ2v) is 5.85. The van der Waals surface area contributed by atoms with Crippen molar-refractivity contribution in [1.29, 1.82) is 0 Å². The van der Waals surface area contributed by atoms with Crippen LogP contribution in [0.3, 0.4) is 0 Å². The number of nitrogens with zero attached hydrogens (tertiary/aromatic N) is 2. The topological polar surface area (TPSA) is 28.2 Å². The second-order valence-electron chi connectivity index (χ2n) is 5.13. The minimum absolute atomic E-state index is 0.922. The Morgan fingerprint density at radius 2 is 2.32 bits per heavy atom. The van der Waals surface area contributed by atoms with Crippen LogP contribution in [0.4, 0.5) is 0 Å². The molecule has 100 valence electrons. The van der Waals surface area contributed by atoms with Crippen LogP contribution in [0, 0.1) is 0 Å². The number of hydrogen-bond donors (Lipinski definition) is 1. The van der Waals surface area contributed by atoms with E-state index in [-0.39, 0.29) is 0 Å². The molecule has 1 aromatic carbocycles. The van der Waals surface area contributed by atoms with Gasteiger partial charge < -0.3 is 5.32 Å². The van der Waals surface area contributed by atoms with Gasteiger partial charge in [-0.25, -0.2) is 4.98 Å². The summed E-state index contributed by atoms with van der Waals surface area (Å²) < 4.78 is 0. The predicted molar refractivity (Wildman–Crippen MR) is 79.1 cm³/mol. The van der Waals surface area contributed by atoms with Crippen molar-refractivity contribution in [3.05, 3.63) is 51.5 Å². The second kappa shape index (κ2) is 5.82. The van der Waals surface area contributed by atoms with Gasteiger partial charge in [0.1, 0.15) is 0 Å². The number of hydrogen-bond acceptors (Lipinski definition) is 4. The van der Waals surface area contributed by atoms with Gasteiger partial charge in [0.2, 0.25) is 0 Å². The summed E-state index contributed by atoms with van der Waals surface area (Å²) >= 11 is 1.66. The first-order valence-electron chi connectivity index (χ1n) is 6.69. The Labute approximate surface area is 118 Å². The van der Waals surface area contributed by atoms with E-state index in [1.807, 2.05) is 5.51 Å². The van der Waals surface area contributed by atoms with Gasteiger partial charge >= 0.3 is 0 Å². The van der Waals surface area contributed by atoms with Crippen molar-refractivity contribution in [2.75, 3.05) is 13.6 Å². The molecule has 1 N–H and O–H groups in total. The van der Waals surface area contributed by atoms with Crippen molar-refractivity contribution in [3.63, 3.8) is 0 Å². The van der Waals surface area contributed by atoms with E-state index in [1.54, 1.807) is 16.9 Å². The lowest BCUT2D eigenvalue weighted by molar-refractivity contribution is 0.314. The first-order chi connectivity index (χ1) is 9.33. The average molecular weight is 273 g/mol. The van der Waals surface area contributed by atoms with Crippen LogP contribution >= 0.6 is 11.3 Å². The first-order valence-corrected chi connectivity index (χ1v) is 7.63. The van der Waals surface area contributed by atoms with E-state index in [1.165, 1.54) is 16.8 Å². The minimum atomic E-state index is 0.922. The number of benzene rings is 1. The lowest BCUT2D eigenvalue weighted by Crippen LogP contribution is -2.26. The van der Waals surface area contributed by atoms with E-state index in [9.17, 15) is 0 Å². The molecule has 0 radical (unpaired) electrons. The summed E-state index contributed by atoms with van der Waals surface area (Å²) in [4.78, 5) is 6.69. The molecule has 3 rings (SSSR count). The highest BCUT2D eigenvalue weighted by Crippen LogP contribution is 2.20. The summed E-state index contributed by atoms with van der Waals surface area (Å²) in [6, 6.07) is 6.69. The molecule has 0 aliphatic carbocycles. The Kier molecular flexibility index (Phi) is 3.92. The summed E-state index contributed by atoms with van der Waals surface area (Å²) in [6.07, 6.45) is 1.15. The van der Waals surface area contributed by atoms with Gasteiger partial charge in [-0.05, 0) is 36.7 Å². The average Bonchev–Trinajstić information content (AvgIpc) is 2.92. The van der Waals surface area contributed by atoms with Gasteiger partial charge in [-0.3, -0.25) is 4.90 Å². The number of thiazole rings is 1. The van der Waals surface area contributed by atoms with Crippen molar-refractivity contribution in [3.8, 4) is 0 Å². The van der Waals surface area contributed by atoms with Crippen molar-refractivity contribution in [1.82, 2.24) is 15.2 Å². The van der Waals surface area contributed by atoms with Gasteiger partial charge in [0.15, 0.2) is 0 Å². The zero-order valence-corrected chi connectivity index (χ0v) is 12.0. The number of aromatic nitrogens is 1. The normalized spacial score (nSPS) is 14.6. The molecule has 0 unspecified atom stereocenters. The summed E-state index contributed by atoms with van der Waals surface area (Å²) in [5.74, 6) is 0. The molecule has 2 heterocycles. The van der Waals surface area contributed by atoms with Crippen LogP contribution in [0.5, 0.6) is 0 Å². The number of rotatable bonds is 4. The predicted octanol–water partition coefficient (Wildman–Crippen LogP) is 2.42. The molecular formula is C15H19N3S. The van der Waals surface area contributed by atoms with Gasteiger partial charge in [-0.15, -0.1) is 11.3 Å². The monoisotopic (exact) mass is 273 g/mol. The van der Waals surface area contributed by atoms with E-state index in [0.29, 0.717) is 0 Å². The third kappa shape index (κ3) is 3.03. The maximum atomic E-state index is 4.35. The molecule has 1 aliphatic heterocycles. The summed E-state index contributed by atoms with van der Waals surface area (Å²) in [5.41, 5.74) is 7.55. The van der Waals surface area contributed by atoms with E-state index in [0.717, 1.165) is 32.6 Å². The maximum Gasteiger partial charge on any atom is 0.0795 e. The molecule has 0 saturated heterocycles. The molecule has 4 heteroatoms. The highest BCUT2D eigenvalue weighted by atomic mass is 32.1. The quantitative estimate of drug-likeness (QED) is 0.927. The molecule has 0 saturated carbocycles. The number of fused-ring (bicyclic) bond motifs is 1. The molecule has 3 nitrogen and oxygen atoms in total. The first kappa shape index (κ1) is 12.8. The van der Waals surface area contributed by atoms with Gasteiger partial charge in [-0.1, -0.05) is 18.2 Å². The third-order valence-corrected chi connectivity index (χ3v) is 4.23. The highest BCUT2D eigenvalue weighted by molar-refractivity contribution is 7.07. The van der Waals surface area contributed by atoms with Crippen LogP contribution in [0.15, 0.2) is 29.1 Å². The van der Waals surface area contributed by atoms with Crippen molar-refractivity contribution in [2.24, 2.45) is 0 Å². The van der Waals surface area contributed by atoms with E-state index in [2.05, 4.69) is 45.8 Å². The molecule has 1 aromatic heterocycles. The van der Waals surface area contributed by atoms with Gasteiger partial charge in [0, 0.05) is 25.0 Å². The largest absolute Gasteiger partial charge is 0.312 e. The number of nitrogens with one attached hydrogen (secondary N) is 1. The molecule has 0 bridgehead atoms. The highest BCUT2D eigenvalue weighted by Gasteiger charge is 2.13. The Hall–Kier alpha value is -1.23. The fraction of sp³-hybridized carbons (Fsp3) is 0.400. The molecule has 1 aliphatic rings. The fourth-order valence-corrected chi connectivity index (χ4v) is 3.25. The Morgan fingerprint density at radius 1 is 1.37 bits per heavy atom. The lowest BCUT2D eigenvalue weighted by atomic mass is 9.95. The van der Waals surface area contributed by atoms with Crippen molar-refractivity contribution in [2.45, 2.75) is 26.1 Å². The van der Waals surface area contributed by atoms with Crippen molar-refractivity contribution >= 4 is 11.3 Å².